The SMILES string of the molecule is CCCCC(CC)C(=O)c1c(Cl)cnn1C. The maximum atomic E-state index is 12.2. The van der Waals surface area contributed by atoms with Crippen molar-refractivity contribution in [2.45, 2.75) is 39.5 Å². The quantitative estimate of drug-likeness (QED) is 0.716. The molecule has 0 amide bonds. The molecule has 1 rings (SSSR count). The van der Waals surface area contributed by atoms with Gasteiger partial charge in [-0.15, -0.1) is 0 Å². The molecule has 0 N–H and O–H groups in total. The summed E-state index contributed by atoms with van der Waals surface area (Å²) in [7, 11) is 1.76. The monoisotopic (exact) mass is 242 g/mol. The fraction of sp³-hybridized carbons (Fsp3) is 0.667. The standard InChI is InChI=1S/C12H19ClN2O/c1-4-6-7-9(5-2)12(16)11-10(13)8-14-15(11)3/h8-9H,4-7H2,1-3H3. The highest BCUT2D eigenvalue weighted by atomic mass is 35.5. The number of carbonyl (C=O) groups excluding carboxylic acids is 1. The van der Waals surface area contributed by atoms with Gasteiger partial charge in [0.15, 0.2) is 5.78 Å². The minimum atomic E-state index is 0.0767. The van der Waals surface area contributed by atoms with Crippen LogP contribution in [-0.4, -0.2) is 15.6 Å². The predicted octanol–water partition coefficient (Wildman–Crippen LogP) is 3.47. The Kier molecular flexibility index (Phi) is 5.00. The first kappa shape index (κ1) is 13.2. The normalized spacial score (nSPS) is 12.8. The molecule has 0 saturated heterocycles. The Bertz CT molecular complexity index is 340. The van der Waals surface area contributed by atoms with E-state index in [1.165, 1.54) is 6.20 Å². The molecule has 1 heterocycles. The van der Waals surface area contributed by atoms with E-state index in [2.05, 4.69) is 12.0 Å². The molecular formula is C12H19ClN2O. The molecule has 1 unspecified atom stereocenters. The van der Waals surface area contributed by atoms with E-state index in [-0.39, 0.29) is 11.7 Å². The van der Waals surface area contributed by atoms with Crippen LogP contribution in [-0.2, 0) is 7.05 Å². The van der Waals surface area contributed by atoms with E-state index < -0.39 is 0 Å². The van der Waals surface area contributed by atoms with Crippen LogP contribution < -0.4 is 0 Å². The molecule has 1 aromatic rings. The van der Waals surface area contributed by atoms with Crippen molar-refractivity contribution in [2.24, 2.45) is 13.0 Å². The zero-order valence-corrected chi connectivity index (χ0v) is 10.9. The van der Waals surface area contributed by atoms with Gasteiger partial charge in [0.1, 0.15) is 5.69 Å². The average Bonchev–Trinajstić information content (AvgIpc) is 2.59. The van der Waals surface area contributed by atoms with Crippen molar-refractivity contribution in [3.63, 3.8) is 0 Å². The van der Waals surface area contributed by atoms with Gasteiger partial charge >= 0.3 is 0 Å². The number of aromatic nitrogens is 2. The summed E-state index contributed by atoms with van der Waals surface area (Å²) < 4.78 is 1.57. The first-order chi connectivity index (χ1) is 7.61. The minimum Gasteiger partial charge on any atom is -0.292 e. The predicted molar refractivity (Wildman–Crippen MR) is 65.9 cm³/mol. The third-order valence-electron chi connectivity index (χ3n) is 2.90. The number of unbranched alkanes of at least 4 members (excludes halogenated alkanes) is 1. The third-order valence-corrected chi connectivity index (χ3v) is 3.17. The molecule has 0 bridgehead atoms. The number of rotatable bonds is 6. The van der Waals surface area contributed by atoms with E-state index in [0.29, 0.717) is 10.7 Å². The van der Waals surface area contributed by atoms with Gasteiger partial charge in [0.2, 0.25) is 0 Å². The lowest BCUT2D eigenvalue weighted by Crippen LogP contribution is -2.18. The summed E-state index contributed by atoms with van der Waals surface area (Å²) in [4.78, 5) is 12.2. The highest BCUT2D eigenvalue weighted by molar-refractivity contribution is 6.33. The zero-order valence-electron chi connectivity index (χ0n) is 10.2. The molecule has 0 radical (unpaired) electrons. The lowest BCUT2D eigenvalue weighted by Gasteiger charge is -2.13. The number of halogens is 1. The zero-order chi connectivity index (χ0) is 12.1. The highest BCUT2D eigenvalue weighted by Gasteiger charge is 2.23. The Labute approximate surface area is 102 Å². The van der Waals surface area contributed by atoms with Gasteiger partial charge in [0, 0.05) is 13.0 Å². The summed E-state index contributed by atoms with van der Waals surface area (Å²) in [6.07, 6.45) is 5.53. The van der Waals surface area contributed by atoms with Crippen molar-refractivity contribution in [1.29, 1.82) is 0 Å². The molecule has 0 aromatic carbocycles. The topological polar surface area (TPSA) is 34.9 Å². The summed E-state index contributed by atoms with van der Waals surface area (Å²) in [5.41, 5.74) is 0.546. The molecule has 4 heteroatoms. The van der Waals surface area contributed by atoms with Crippen molar-refractivity contribution in [1.82, 2.24) is 9.78 Å². The Balaban J connectivity index is 2.82. The fourth-order valence-electron chi connectivity index (χ4n) is 1.85. The summed E-state index contributed by atoms with van der Waals surface area (Å²) in [5, 5.41) is 4.46. The van der Waals surface area contributed by atoms with Crippen LogP contribution in [0.5, 0.6) is 0 Å². The van der Waals surface area contributed by atoms with Gasteiger partial charge in [-0.05, 0) is 12.8 Å². The highest BCUT2D eigenvalue weighted by Crippen LogP contribution is 2.23. The molecule has 3 nitrogen and oxygen atoms in total. The van der Waals surface area contributed by atoms with Gasteiger partial charge in [0.25, 0.3) is 0 Å². The van der Waals surface area contributed by atoms with Gasteiger partial charge in [-0.1, -0.05) is 38.3 Å². The molecule has 0 aliphatic carbocycles. The molecule has 90 valence electrons. The number of carbonyl (C=O) groups is 1. The lowest BCUT2D eigenvalue weighted by molar-refractivity contribution is 0.0898. The van der Waals surface area contributed by atoms with E-state index >= 15 is 0 Å². The van der Waals surface area contributed by atoms with E-state index in [0.717, 1.165) is 25.7 Å². The number of nitrogens with zero attached hydrogens (tertiary/aromatic N) is 2. The Morgan fingerprint density at radius 1 is 1.56 bits per heavy atom. The van der Waals surface area contributed by atoms with Crippen LogP contribution in [0.1, 0.15) is 50.0 Å². The van der Waals surface area contributed by atoms with Crippen molar-refractivity contribution in [3.8, 4) is 0 Å². The van der Waals surface area contributed by atoms with Gasteiger partial charge in [-0.3, -0.25) is 9.48 Å². The van der Waals surface area contributed by atoms with Crippen LogP contribution in [0.25, 0.3) is 0 Å². The molecule has 1 atom stereocenters. The Hall–Kier alpha value is -0.830. The number of aryl methyl sites for hydroxylation is 1. The maximum Gasteiger partial charge on any atom is 0.185 e. The summed E-state index contributed by atoms with van der Waals surface area (Å²) in [5.74, 6) is 0.203. The average molecular weight is 243 g/mol. The largest absolute Gasteiger partial charge is 0.292 e. The van der Waals surface area contributed by atoms with Crippen LogP contribution >= 0.6 is 11.6 Å². The second-order valence-electron chi connectivity index (χ2n) is 4.08. The summed E-state index contributed by atoms with van der Waals surface area (Å²) in [6.45, 7) is 4.18. The minimum absolute atomic E-state index is 0.0767. The summed E-state index contributed by atoms with van der Waals surface area (Å²) in [6, 6.07) is 0. The molecule has 16 heavy (non-hydrogen) atoms. The first-order valence-electron chi connectivity index (χ1n) is 5.83. The van der Waals surface area contributed by atoms with Crippen LogP contribution in [0, 0.1) is 5.92 Å². The maximum absolute atomic E-state index is 12.2. The Morgan fingerprint density at radius 2 is 2.25 bits per heavy atom. The van der Waals surface area contributed by atoms with Gasteiger partial charge < -0.3 is 0 Å². The molecule has 0 fully saturated rings. The second kappa shape index (κ2) is 6.04. The van der Waals surface area contributed by atoms with Crippen LogP contribution in [0.15, 0.2) is 6.20 Å². The van der Waals surface area contributed by atoms with Crippen molar-refractivity contribution >= 4 is 17.4 Å². The summed E-state index contributed by atoms with van der Waals surface area (Å²) >= 11 is 5.97. The van der Waals surface area contributed by atoms with Crippen molar-refractivity contribution in [2.75, 3.05) is 0 Å². The van der Waals surface area contributed by atoms with Crippen LogP contribution in [0.3, 0.4) is 0 Å². The molecular weight excluding hydrogens is 224 g/mol. The Morgan fingerprint density at radius 3 is 2.69 bits per heavy atom. The number of hydrogen-bond acceptors (Lipinski definition) is 2. The first-order valence-corrected chi connectivity index (χ1v) is 6.21. The van der Waals surface area contributed by atoms with E-state index in [4.69, 9.17) is 11.6 Å². The second-order valence-corrected chi connectivity index (χ2v) is 4.48. The lowest BCUT2D eigenvalue weighted by atomic mass is 9.93. The smallest absolute Gasteiger partial charge is 0.185 e. The van der Waals surface area contributed by atoms with Gasteiger partial charge in [0.05, 0.1) is 11.2 Å². The van der Waals surface area contributed by atoms with Crippen molar-refractivity contribution < 1.29 is 4.79 Å². The third kappa shape index (κ3) is 2.85. The van der Waals surface area contributed by atoms with E-state index in [1.807, 2.05) is 6.92 Å². The molecule has 0 aliphatic heterocycles. The van der Waals surface area contributed by atoms with E-state index in [1.54, 1.807) is 11.7 Å². The number of hydrogen-bond donors (Lipinski definition) is 0. The number of ketones is 1. The molecule has 1 aromatic heterocycles. The van der Waals surface area contributed by atoms with Crippen LogP contribution in [0.2, 0.25) is 5.02 Å². The van der Waals surface area contributed by atoms with Gasteiger partial charge in [-0.2, -0.15) is 5.10 Å². The van der Waals surface area contributed by atoms with Crippen molar-refractivity contribution in [3.05, 3.63) is 16.9 Å². The van der Waals surface area contributed by atoms with Crippen LogP contribution in [0.4, 0.5) is 0 Å². The number of Topliss-reactive ketones (excluding diaryl/α,β-unsaturated/α-hetero) is 1. The van der Waals surface area contributed by atoms with Gasteiger partial charge in [-0.25, -0.2) is 0 Å². The fourth-order valence-corrected chi connectivity index (χ4v) is 2.11. The molecule has 0 spiro atoms. The van der Waals surface area contributed by atoms with E-state index in [9.17, 15) is 4.79 Å². The molecule has 0 saturated carbocycles. The molecule has 0 aliphatic rings.